The average Bonchev–Trinajstić information content (AvgIpc) is 2.38. The molecule has 5 heteroatoms. The van der Waals surface area contributed by atoms with Gasteiger partial charge in [-0.2, -0.15) is 0 Å². The number of carbonyl (C=O) groups is 1. The van der Waals surface area contributed by atoms with Crippen LogP contribution in [0.15, 0.2) is 34.1 Å². The highest BCUT2D eigenvalue weighted by Gasteiger charge is 2.15. The Labute approximate surface area is 108 Å². The summed E-state index contributed by atoms with van der Waals surface area (Å²) in [6.07, 6.45) is 3.36. The van der Waals surface area contributed by atoms with Crippen molar-refractivity contribution >= 4 is 28.6 Å². The molecule has 2 aromatic rings. The Morgan fingerprint density at radius 1 is 1.44 bits per heavy atom. The maximum Gasteiger partial charge on any atom is 0.341 e. The van der Waals surface area contributed by atoms with E-state index in [1.54, 1.807) is 23.9 Å². The fourth-order valence-electron chi connectivity index (χ4n) is 1.99. The minimum absolute atomic E-state index is 0.178. The Bertz CT molecular complexity index is 676. The highest BCUT2D eigenvalue weighted by molar-refractivity contribution is 7.98. The number of hydrogen-bond donors (Lipinski definition) is 1. The summed E-state index contributed by atoms with van der Waals surface area (Å²) in [5.41, 5.74) is 0.211. The third kappa shape index (κ3) is 1.90. The molecular weight excluding hydrogens is 250 g/mol. The molecule has 0 aliphatic rings. The molecular formula is C13H13NO3S. The number of pyridine rings is 1. The minimum atomic E-state index is -1.18. The van der Waals surface area contributed by atoms with Crippen LogP contribution < -0.4 is 5.43 Å². The van der Waals surface area contributed by atoms with Crippen molar-refractivity contribution < 1.29 is 9.90 Å². The van der Waals surface area contributed by atoms with Crippen LogP contribution in [-0.2, 0) is 6.54 Å². The van der Waals surface area contributed by atoms with E-state index in [4.69, 9.17) is 5.11 Å². The zero-order valence-corrected chi connectivity index (χ0v) is 11.0. The van der Waals surface area contributed by atoms with Gasteiger partial charge in [-0.15, -0.1) is 11.8 Å². The summed E-state index contributed by atoms with van der Waals surface area (Å²) in [5, 5.41) is 9.51. The molecule has 0 atom stereocenters. The standard InChI is InChI=1S/C13H13NO3S/c1-3-14-7-9(13(16)17)12(15)8-5-4-6-10(18-2)11(8)14/h4-7H,3H2,1-2H3,(H,16,17). The lowest BCUT2D eigenvalue weighted by molar-refractivity contribution is 0.0695. The molecule has 0 spiro atoms. The van der Waals surface area contributed by atoms with E-state index in [-0.39, 0.29) is 5.56 Å². The van der Waals surface area contributed by atoms with Gasteiger partial charge in [0.2, 0.25) is 5.43 Å². The second kappa shape index (κ2) is 4.86. The number of aromatic nitrogens is 1. The molecule has 4 nitrogen and oxygen atoms in total. The molecule has 94 valence electrons. The molecule has 1 heterocycles. The molecule has 18 heavy (non-hydrogen) atoms. The van der Waals surface area contributed by atoms with E-state index in [2.05, 4.69) is 0 Å². The van der Waals surface area contributed by atoms with E-state index >= 15 is 0 Å². The first-order chi connectivity index (χ1) is 8.60. The fraction of sp³-hybridized carbons (Fsp3) is 0.231. The molecule has 0 fully saturated rings. The summed E-state index contributed by atoms with van der Waals surface area (Å²) in [6, 6.07) is 5.39. The summed E-state index contributed by atoms with van der Waals surface area (Å²) in [7, 11) is 0. The lowest BCUT2D eigenvalue weighted by Gasteiger charge is -2.12. The highest BCUT2D eigenvalue weighted by atomic mass is 32.2. The Balaban J connectivity index is 2.98. The zero-order chi connectivity index (χ0) is 13.3. The van der Waals surface area contributed by atoms with Crippen LogP contribution in [0.3, 0.4) is 0 Å². The number of thioether (sulfide) groups is 1. The van der Waals surface area contributed by atoms with Crippen LogP contribution in [0.4, 0.5) is 0 Å². The second-order valence-corrected chi connectivity index (χ2v) is 4.67. The van der Waals surface area contributed by atoms with Gasteiger partial charge in [0.15, 0.2) is 0 Å². The van der Waals surface area contributed by atoms with Gasteiger partial charge in [-0.25, -0.2) is 4.79 Å². The Kier molecular flexibility index (Phi) is 3.43. The second-order valence-electron chi connectivity index (χ2n) is 3.82. The van der Waals surface area contributed by atoms with E-state index in [9.17, 15) is 9.59 Å². The highest BCUT2D eigenvalue weighted by Crippen LogP contribution is 2.24. The van der Waals surface area contributed by atoms with Gasteiger partial charge in [-0.1, -0.05) is 6.07 Å². The van der Waals surface area contributed by atoms with Crippen molar-refractivity contribution in [3.63, 3.8) is 0 Å². The summed E-state index contributed by atoms with van der Waals surface area (Å²) in [6.45, 7) is 2.54. The van der Waals surface area contributed by atoms with Crippen molar-refractivity contribution in [3.8, 4) is 0 Å². The number of fused-ring (bicyclic) bond motifs is 1. The number of rotatable bonds is 3. The number of hydrogen-bond acceptors (Lipinski definition) is 3. The summed E-state index contributed by atoms with van der Waals surface area (Å²) < 4.78 is 1.81. The molecule has 0 saturated heterocycles. The zero-order valence-electron chi connectivity index (χ0n) is 10.1. The maximum atomic E-state index is 12.1. The van der Waals surface area contributed by atoms with E-state index in [1.165, 1.54) is 6.20 Å². The summed E-state index contributed by atoms with van der Waals surface area (Å²) >= 11 is 1.54. The third-order valence-corrected chi connectivity index (χ3v) is 3.62. The smallest absolute Gasteiger partial charge is 0.341 e. The molecule has 1 N–H and O–H groups in total. The maximum absolute atomic E-state index is 12.1. The molecule has 1 aromatic carbocycles. The Hall–Kier alpha value is -1.75. The van der Waals surface area contributed by atoms with Crippen molar-refractivity contribution in [2.75, 3.05) is 6.26 Å². The van der Waals surface area contributed by atoms with E-state index in [1.807, 2.05) is 23.8 Å². The summed E-state index contributed by atoms with van der Waals surface area (Å²) in [4.78, 5) is 24.1. The first-order valence-corrected chi connectivity index (χ1v) is 6.76. The van der Waals surface area contributed by atoms with Crippen LogP contribution in [0.5, 0.6) is 0 Å². The molecule has 0 amide bonds. The van der Waals surface area contributed by atoms with E-state index in [0.29, 0.717) is 11.9 Å². The van der Waals surface area contributed by atoms with Crippen LogP contribution in [0.1, 0.15) is 17.3 Å². The predicted octanol–water partition coefficient (Wildman–Crippen LogP) is 2.44. The van der Waals surface area contributed by atoms with E-state index in [0.717, 1.165) is 10.4 Å². The molecule has 0 aliphatic carbocycles. The van der Waals surface area contributed by atoms with Gasteiger partial charge < -0.3 is 9.67 Å². The normalized spacial score (nSPS) is 10.8. The van der Waals surface area contributed by atoms with E-state index < -0.39 is 11.4 Å². The van der Waals surface area contributed by atoms with Gasteiger partial charge in [0.1, 0.15) is 5.56 Å². The third-order valence-electron chi connectivity index (χ3n) is 2.85. The van der Waals surface area contributed by atoms with Gasteiger partial charge in [0.05, 0.1) is 5.52 Å². The number of aryl methyl sites for hydroxylation is 1. The summed E-state index contributed by atoms with van der Waals surface area (Å²) in [5.74, 6) is -1.18. The van der Waals surface area contributed by atoms with Crippen LogP contribution in [0.25, 0.3) is 10.9 Å². The predicted molar refractivity (Wildman–Crippen MR) is 72.6 cm³/mol. The number of carboxylic acids is 1. The van der Waals surface area contributed by atoms with Gasteiger partial charge >= 0.3 is 5.97 Å². The average molecular weight is 263 g/mol. The quantitative estimate of drug-likeness (QED) is 0.864. The molecule has 0 unspecified atom stereocenters. The van der Waals surface area contributed by atoms with Gasteiger partial charge in [-0.3, -0.25) is 4.79 Å². The number of benzene rings is 1. The minimum Gasteiger partial charge on any atom is -0.477 e. The Morgan fingerprint density at radius 2 is 2.17 bits per heavy atom. The first-order valence-electron chi connectivity index (χ1n) is 5.53. The molecule has 1 aromatic heterocycles. The van der Waals surface area contributed by atoms with Crippen molar-refractivity contribution in [1.82, 2.24) is 4.57 Å². The van der Waals surface area contributed by atoms with Gasteiger partial charge in [-0.05, 0) is 25.3 Å². The lowest BCUT2D eigenvalue weighted by atomic mass is 10.1. The molecule has 0 saturated carbocycles. The van der Waals surface area contributed by atoms with Gasteiger partial charge in [0.25, 0.3) is 0 Å². The number of para-hydroxylation sites is 1. The van der Waals surface area contributed by atoms with Crippen LogP contribution in [0, 0.1) is 0 Å². The first kappa shape index (κ1) is 12.7. The molecule has 0 radical (unpaired) electrons. The topological polar surface area (TPSA) is 59.3 Å². The molecule has 2 rings (SSSR count). The van der Waals surface area contributed by atoms with Crippen LogP contribution >= 0.6 is 11.8 Å². The van der Waals surface area contributed by atoms with Crippen LogP contribution in [0.2, 0.25) is 0 Å². The van der Waals surface area contributed by atoms with Crippen molar-refractivity contribution in [1.29, 1.82) is 0 Å². The SMILES string of the molecule is CCn1cc(C(=O)O)c(=O)c2cccc(SC)c21. The fourth-order valence-corrected chi connectivity index (χ4v) is 2.63. The van der Waals surface area contributed by atoms with Crippen molar-refractivity contribution in [2.45, 2.75) is 18.4 Å². The number of nitrogens with zero attached hydrogens (tertiary/aromatic N) is 1. The Morgan fingerprint density at radius 3 is 2.72 bits per heavy atom. The van der Waals surface area contributed by atoms with Crippen LogP contribution in [-0.4, -0.2) is 21.9 Å². The van der Waals surface area contributed by atoms with Crippen molar-refractivity contribution in [3.05, 3.63) is 40.2 Å². The van der Waals surface area contributed by atoms with Gasteiger partial charge in [0, 0.05) is 23.0 Å². The molecule has 0 aliphatic heterocycles. The molecule has 0 bridgehead atoms. The van der Waals surface area contributed by atoms with Crippen molar-refractivity contribution in [2.24, 2.45) is 0 Å². The lowest BCUT2D eigenvalue weighted by Crippen LogP contribution is -2.18. The number of carboxylic acid groups (broad SMARTS) is 1. The number of aromatic carboxylic acids is 1. The monoisotopic (exact) mass is 263 g/mol. The largest absolute Gasteiger partial charge is 0.477 e.